The Morgan fingerprint density at radius 2 is 2.03 bits per heavy atom. The van der Waals surface area contributed by atoms with Crippen LogP contribution < -0.4 is 5.56 Å². The minimum Gasteiger partial charge on any atom is -0.360 e. The second-order valence-corrected chi connectivity index (χ2v) is 7.46. The van der Waals surface area contributed by atoms with E-state index in [1.54, 1.807) is 24.2 Å². The van der Waals surface area contributed by atoms with E-state index in [-0.39, 0.29) is 17.0 Å². The Bertz CT molecular complexity index is 1160. The summed E-state index contributed by atoms with van der Waals surface area (Å²) in [6, 6.07) is 4.66. The van der Waals surface area contributed by atoms with Crippen LogP contribution in [0.2, 0.25) is 0 Å². The molecule has 0 radical (unpaired) electrons. The topological polar surface area (TPSA) is 58.1 Å². The molecule has 1 aliphatic heterocycles. The van der Waals surface area contributed by atoms with Gasteiger partial charge in [-0.25, -0.2) is 0 Å². The normalized spacial score (nSPS) is 17.3. The fourth-order valence-electron chi connectivity index (χ4n) is 4.15. The molecule has 152 valence electrons. The Hall–Kier alpha value is -3.03. The van der Waals surface area contributed by atoms with Gasteiger partial charge in [0.05, 0.1) is 28.1 Å². The van der Waals surface area contributed by atoms with Crippen molar-refractivity contribution in [2.75, 3.05) is 6.54 Å². The van der Waals surface area contributed by atoms with E-state index >= 15 is 0 Å². The van der Waals surface area contributed by atoms with Crippen LogP contribution in [0.5, 0.6) is 0 Å². The molecule has 1 fully saturated rings. The Morgan fingerprint density at radius 1 is 1.28 bits per heavy atom. The van der Waals surface area contributed by atoms with Crippen LogP contribution in [0.4, 0.5) is 13.2 Å². The minimum atomic E-state index is -4.44. The molecule has 5 nitrogen and oxygen atoms in total. The number of aromatic amines is 1. The molecule has 1 unspecified atom stereocenters. The van der Waals surface area contributed by atoms with Crippen molar-refractivity contribution in [1.82, 2.24) is 14.5 Å². The van der Waals surface area contributed by atoms with E-state index in [9.17, 15) is 22.8 Å². The monoisotopic (exact) mass is 403 g/mol. The maximum Gasteiger partial charge on any atom is 0.416 e. The summed E-state index contributed by atoms with van der Waals surface area (Å²) < 4.78 is 40.7. The first kappa shape index (κ1) is 19.3. The van der Waals surface area contributed by atoms with E-state index in [0.717, 1.165) is 17.7 Å². The highest BCUT2D eigenvalue weighted by Crippen LogP contribution is 2.37. The lowest BCUT2D eigenvalue weighted by Crippen LogP contribution is -2.31. The van der Waals surface area contributed by atoms with E-state index < -0.39 is 17.8 Å². The quantitative estimate of drug-likeness (QED) is 0.698. The van der Waals surface area contributed by atoms with E-state index in [1.165, 1.54) is 16.8 Å². The number of H-pyrrole nitrogens is 1. The van der Waals surface area contributed by atoms with E-state index in [0.29, 0.717) is 35.9 Å². The molecule has 0 saturated carbocycles. The van der Waals surface area contributed by atoms with Gasteiger partial charge in [0, 0.05) is 26.0 Å². The number of nitrogens with zero attached hydrogens (tertiary/aromatic N) is 2. The highest BCUT2D eigenvalue weighted by atomic mass is 19.4. The van der Waals surface area contributed by atoms with Gasteiger partial charge in [-0.15, -0.1) is 0 Å². The van der Waals surface area contributed by atoms with Crippen LogP contribution in [0.1, 0.15) is 45.9 Å². The third-order valence-corrected chi connectivity index (χ3v) is 5.54. The van der Waals surface area contributed by atoms with Crippen molar-refractivity contribution in [1.29, 1.82) is 0 Å². The second-order valence-electron chi connectivity index (χ2n) is 7.46. The van der Waals surface area contributed by atoms with E-state index in [1.807, 2.05) is 6.92 Å². The molecule has 1 aromatic carbocycles. The van der Waals surface area contributed by atoms with Gasteiger partial charge < -0.3 is 14.5 Å². The van der Waals surface area contributed by atoms with E-state index in [4.69, 9.17) is 0 Å². The Kier molecular flexibility index (Phi) is 4.52. The van der Waals surface area contributed by atoms with Crippen LogP contribution in [0, 0.1) is 6.92 Å². The summed E-state index contributed by atoms with van der Waals surface area (Å²) in [6.07, 6.45) is 0.0299. The van der Waals surface area contributed by atoms with E-state index in [2.05, 4.69) is 4.98 Å². The molecular weight excluding hydrogens is 383 g/mol. The zero-order valence-corrected chi connectivity index (χ0v) is 16.0. The summed E-state index contributed by atoms with van der Waals surface area (Å²) in [5.74, 6) is -0.348. The van der Waals surface area contributed by atoms with Crippen molar-refractivity contribution < 1.29 is 18.0 Å². The summed E-state index contributed by atoms with van der Waals surface area (Å²) in [6.45, 7) is 2.27. The lowest BCUT2D eigenvalue weighted by atomic mass is 10.0. The molecular formula is C21H20F3N3O2. The number of carbonyl (C=O) groups is 1. The number of hydrogen-bond acceptors (Lipinski definition) is 2. The van der Waals surface area contributed by atoms with Crippen molar-refractivity contribution in [3.05, 3.63) is 69.3 Å². The fourth-order valence-corrected chi connectivity index (χ4v) is 4.15. The fraction of sp³-hybridized carbons (Fsp3) is 0.333. The van der Waals surface area contributed by atoms with Gasteiger partial charge in [0.1, 0.15) is 0 Å². The predicted octanol–water partition coefficient (Wildman–Crippen LogP) is 4.17. The van der Waals surface area contributed by atoms with Gasteiger partial charge >= 0.3 is 6.18 Å². The van der Waals surface area contributed by atoms with Crippen LogP contribution >= 0.6 is 0 Å². The molecule has 3 heterocycles. The van der Waals surface area contributed by atoms with Crippen LogP contribution in [0.15, 0.2) is 41.5 Å². The number of likely N-dealkylation sites (tertiary alicyclic amines) is 1. The summed E-state index contributed by atoms with van der Waals surface area (Å²) in [5, 5.41) is 0.312. The molecule has 1 atom stereocenters. The van der Waals surface area contributed by atoms with Gasteiger partial charge in [0.25, 0.3) is 11.5 Å². The van der Waals surface area contributed by atoms with Crippen LogP contribution in [-0.2, 0) is 13.2 Å². The molecule has 29 heavy (non-hydrogen) atoms. The Labute approximate surface area is 164 Å². The van der Waals surface area contributed by atoms with Crippen LogP contribution in [0.3, 0.4) is 0 Å². The number of rotatable bonds is 2. The largest absolute Gasteiger partial charge is 0.416 e. The van der Waals surface area contributed by atoms with Crippen molar-refractivity contribution in [2.45, 2.75) is 32.0 Å². The zero-order chi connectivity index (χ0) is 20.9. The van der Waals surface area contributed by atoms with Crippen molar-refractivity contribution in [3.8, 4) is 0 Å². The summed E-state index contributed by atoms with van der Waals surface area (Å²) in [5.41, 5.74) is 1.12. The predicted molar refractivity (Wildman–Crippen MR) is 103 cm³/mol. The molecule has 1 N–H and O–H groups in total. The lowest BCUT2D eigenvalue weighted by Gasteiger charge is -2.25. The maximum absolute atomic E-state index is 13.3. The van der Waals surface area contributed by atoms with Gasteiger partial charge in [0.2, 0.25) is 0 Å². The highest BCUT2D eigenvalue weighted by molar-refractivity contribution is 6.07. The molecule has 0 aliphatic carbocycles. The molecule has 8 heteroatoms. The zero-order valence-electron chi connectivity index (χ0n) is 16.0. The number of pyridine rings is 1. The number of amides is 1. The van der Waals surface area contributed by atoms with Crippen LogP contribution in [0.25, 0.3) is 10.9 Å². The molecule has 0 bridgehead atoms. The first-order valence-corrected chi connectivity index (χ1v) is 9.34. The average molecular weight is 403 g/mol. The SMILES string of the molecule is Cc1cn(C)c(=O)c2c(C(=O)N3CCCC3c3cccc(C(F)(F)F)c3)c[nH]c12. The van der Waals surface area contributed by atoms with Gasteiger partial charge in [-0.3, -0.25) is 9.59 Å². The van der Waals surface area contributed by atoms with Gasteiger partial charge in [-0.1, -0.05) is 12.1 Å². The average Bonchev–Trinajstić information content (AvgIpc) is 3.33. The van der Waals surface area contributed by atoms with Crippen molar-refractivity contribution >= 4 is 16.8 Å². The van der Waals surface area contributed by atoms with Crippen LogP contribution in [-0.4, -0.2) is 26.9 Å². The first-order chi connectivity index (χ1) is 13.7. The summed E-state index contributed by atoms with van der Waals surface area (Å²) >= 11 is 0. The third-order valence-electron chi connectivity index (χ3n) is 5.54. The molecule has 1 aliphatic rings. The third kappa shape index (κ3) is 3.22. The molecule has 2 aromatic heterocycles. The van der Waals surface area contributed by atoms with Crippen molar-refractivity contribution in [3.63, 3.8) is 0 Å². The number of aromatic nitrogens is 2. The number of benzene rings is 1. The van der Waals surface area contributed by atoms with Gasteiger partial charge in [-0.2, -0.15) is 13.2 Å². The first-order valence-electron chi connectivity index (χ1n) is 9.34. The molecule has 3 aromatic rings. The molecule has 0 spiro atoms. The Balaban J connectivity index is 1.75. The maximum atomic E-state index is 13.3. The number of alkyl halides is 3. The molecule has 4 rings (SSSR count). The molecule has 1 amide bonds. The van der Waals surface area contributed by atoms with Gasteiger partial charge in [-0.05, 0) is 43.0 Å². The standard InChI is InChI=1S/C21H20F3N3O2/c1-12-11-26(2)20(29)17-15(10-25-18(12)17)19(28)27-8-4-7-16(27)13-5-3-6-14(9-13)21(22,23)24/h3,5-6,9-11,16,25H,4,7-8H2,1-2H3. The Morgan fingerprint density at radius 3 is 2.76 bits per heavy atom. The molecule has 1 saturated heterocycles. The summed E-state index contributed by atoms with van der Waals surface area (Å²) in [7, 11) is 1.62. The number of nitrogens with one attached hydrogen (secondary N) is 1. The second kappa shape index (κ2) is 6.79. The minimum absolute atomic E-state index is 0.253. The summed E-state index contributed by atoms with van der Waals surface area (Å²) in [4.78, 5) is 30.5. The number of aryl methyl sites for hydroxylation is 2. The van der Waals surface area contributed by atoms with Crippen molar-refractivity contribution in [2.24, 2.45) is 7.05 Å². The van der Waals surface area contributed by atoms with Gasteiger partial charge in [0.15, 0.2) is 0 Å². The number of halogens is 3. The number of carbonyl (C=O) groups excluding carboxylic acids is 1. The number of fused-ring (bicyclic) bond motifs is 1. The smallest absolute Gasteiger partial charge is 0.360 e. The highest BCUT2D eigenvalue weighted by Gasteiger charge is 2.35. The lowest BCUT2D eigenvalue weighted by molar-refractivity contribution is -0.137. The number of hydrogen-bond donors (Lipinski definition) is 1.